The normalized spacial score (nSPS) is 12.8. The van der Waals surface area contributed by atoms with Crippen molar-refractivity contribution in [2.24, 2.45) is 0 Å². The lowest BCUT2D eigenvalue weighted by Crippen LogP contribution is -2.28. The van der Waals surface area contributed by atoms with Gasteiger partial charge in [0.15, 0.2) is 6.61 Å². The molecule has 2 aromatic rings. The third kappa shape index (κ3) is 3.22. The molecule has 112 valence electrons. The van der Waals surface area contributed by atoms with E-state index in [4.69, 9.17) is 4.74 Å². The van der Waals surface area contributed by atoms with E-state index in [1.54, 1.807) is 24.4 Å². The van der Waals surface area contributed by atoms with Crippen molar-refractivity contribution in [2.75, 3.05) is 18.5 Å². The van der Waals surface area contributed by atoms with Gasteiger partial charge in [0.25, 0.3) is 11.8 Å². The van der Waals surface area contributed by atoms with Crippen LogP contribution in [0.15, 0.2) is 42.6 Å². The summed E-state index contributed by atoms with van der Waals surface area (Å²) in [5, 5.41) is 5.52. The molecule has 2 N–H and O–H groups in total. The molecule has 3 rings (SSSR count). The van der Waals surface area contributed by atoms with Crippen LogP contribution in [0.25, 0.3) is 0 Å². The van der Waals surface area contributed by atoms with Gasteiger partial charge in [0.1, 0.15) is 5.75 Å². The molecule has 0 radical (unpaired) electrons. The number of anilines is 1. The van der Waals surface area contributed by atoms with Gasteiger partial charge < -0.3 is 15.4 Å². The number of amides is 2. The zero-order valence-electron chi connectivity index (χ0n) is 11.8. The molecule has 0 atom stereocenters. The smallest absolute Gasteiger partial charge is 0.262 e. The van der Waals surface area contributed by atoms with Crippen molar-refractivity contribution in [3.63, 3.8) is 0 Å². The van der Waals surface area contributed by atoms with E-state index in [-0.39, 0.29) is 18.4 Å². The van der Waals surface area contributed by atoms with E-state index in [1.807, 2.05) is 18.2 Å². The number of carbonyl (C=O) groups excluding carboxylic acids is 2. The van der Waals surface area contributed by atoms with Crippen LogP contribution in [0, 0.1) is 0 Å². The summed E-state index contributed by atoms with van der Waals surface area (Å²) in [6.45, 7) is 0.498. The molecule has 0 bridgehead atoms. The summed E-state index contributed by atoms with van der Waals surface area (Å²) in [4.78, 5) is 27.6. The third-order valence-electron chi connectivity index (χ3n) is 3.27. The Labute approximate surface area is 127 Å². The lowest BCUT2D eigenvalue weighted by Gasteiger charge is -2.18. The second-order valence-corrected chi connectivity index (χ2v) is 4.87. The SMILES string of the molecule is O=C1COc2ccc(C(=O)NCCc3ccccn3)cc2N1. The Morgan fingerprint density at radius 2 is 2.23 bits per heavy atom. The van der Waals surface area contributed by atoms with Crippen molar-refractivity contribution in [1.82, 2.24) is 10.3 Å². The lowest BCUT2D eigenvalue weighted by molar-refractivity contribution is -0.118. The molecule has 0 fully saturated rings. The van der Waals surface area contributed by atoms with Crippen LogP contribution < -0.4 is 15.4 Å². The van der Waals surface area contributed by atoms with E-state index < -0.39 is 0 Å². The topological polar surface area (TPSA) is 80.3 Å². The first-order valence-corrected chi connectivity index (χ1v) is 6.97. The van der Waals surface area contributed by atoms with Gasteiger partial charge in [-0.3, -0.25) is 14.6 Å². The van der Waals surface area contributed by atoms with Gasteiger partial charge >= 0.3 is 0 Å². The fraction of sp³-hybridized carbons (Fsp3) is 0.188. The van der Waals surface area contributed by atoms with E-state index in [1.165, 1.54) is 0 Å². The van der Waals surface area contributed by atoms with Gasteiger partial charge in [-0.1, -0.05) is 6.07 Å². The molecule has 1 aromatic heterocycles. The van der Waals surface area contributed by atoms with E-state index in [9.17, 15) is 9.59 Å². The van der Waals surface area contributed by atoms with Crippen LogP contribution in [0.3, 0.4) is 0 Å². The van der Waals surface area contributed by atoms with Gasteiger partial charge in [-0.15, -0.1) is 0 Å². The number of hydrogen-bond donors (Lipinski definition) is 2. The molecule has 0 saturated carbocycles. The van der Waals surface area contributed by atoms with Gasteiger partial charge in [-0.2, -0.15) is 0 Å². The Bertz CT molecular complexity index is 701. The molecule has 0 aliphatic carbocycles. The molecular formula is C16H15N3O3. The van der Waals surface area contributed by atoms with Crippen molar-refractivity contribution in [2.45, 2.75) is 6.42 Å². The molecule has 1 aromatic carbocycles. The molecule has 6 nitrogen and oxygen atoms in total. The minimum atomic E-state index is -0.222. The zero-order chi connectivity index (χ0) is 15.4. The highest BCUT2D eigenvalue weighted by Gasteiger charge is 2.17. The van der Waals surface area contributed by atoms with Gasteiger partial charge in [-0.25, -0.2) is 0 Å². The largest absolute Gasteiger partial charge is 0.482 e. The predicted molar refractivity (Wildman–Crippen MR) is 80.8 cm³/mol. The maximum atomic E-state index is 12.1. The Morgan fingerprint density at radius 3 is 3.05 bits per heavy atom. The fourth-order valence-corrected chi connectivity index (χ4v) is 2.18. The van der Waals surface area contributed by atoms with Crippen LogP contribution in [0.1, 0.15) is 16.1 Å². The first-order valence-electron chi connectivity index (χ1n) is 6.97. The van der Waals surface area contributed by atoms with Crippen molar-refractivity contribution < 1.29 is 14.3 Å². The summed E-state index contributed by atoms with van der Waals surface area (Å²) >= 11 is 0. The highest BCUT2D eigenvalue weighted by molar-refractivity contribution is 5.99. The Balaban J connectivity index is 1.60. The van der Waals surface area contributed by atoms with E-state index >= 15 is 0 Å². The lowest BCUT2D eigenvalue weighted by atomic mass is 10.1. The second kappa shape index (κ2) is 6.26. The quantitative estimate of drug-likeness (QED) is 0.893. The Morgan fingerprint density at radius 1 is 1.32 bits per heavy atom. The number of nitrogens with zero attached hydrogens (tertiary/aromatic N) is 1. The van der Waals surface area contributed by atoms with Crippen LogP contribution in [-0.4, -0.2) is 29.9 Å². The number of nitrogens with one attached hydrogen (secondary N) is 2. The van der Waals surface area contributed by atoms with Gasteiger partial charge in [-0.05, 0) is 30.3 Å². The second-order valence-electron chi connectivity index (χ2n) is 4.87. The number of hydrogen-bond acceptors (Lipinski definition) is 4. The molecule has 6 heteroatoms. The van der Waals surface area contributed by atoms with E-state index in [0.29, 0.717) is 30.0 Å². The molecule has 1 aliphatic heterocycles. The summed E-state index contributed by atoms with van der Waals surface area (Å²) in [5.74, 6) is 0.156. The van der Waals surface area contributed by atoms with Crippen LogP contribution in [0.2, 0.25) is 0 Å². The number of aromatic nitrogens is 1. The maximum absolute atomic E-state index is 12.1. The Kier molecular flexibility index (Phi) is 4.00. The maximum Gasteiger partial charge on any atom is 0.262 e. The molecule has 0 saturated heterocycles. The van der Waals surface area contributed by atoms with Crippen LogP contribution in [0.4, 0.5) is 5.69 Å². The average molecular weight is 297 g/mol. The average Bonchev–Trinajstić information content (AvgIpc) is 2.55. The fourth-order valence-electron chi connectivity index (χ4n) is 2.18. The molecule has 2 amide bonds. The first-order chi connectivity index (χ1) is 10.7. The minimum absolute atomic E-state index is 0.00260. The summed E-state index contributed by atoms with van der Waals surface area (Å²) in [5.41, 5.74) is 1.92. The van der Waals surface area contributed by atoms with Crippen LogP contribution in [0.5, 0.6) is 5.75 Å². The van der Waals surface area contributed by atoms with Crippen molar-refractivity contribution in [3.8, 4) is 5.75 Å². The number of carbonyl (C=O) groups is 2. The van der Waals surface area contributed by atoms with Gasteiger partial charge in [0.05, 0.1) is 5.69 Å². The van der Waals surface area contributed by atoms with Gasteiger partial charge in [0, 0.05) is 30.4 Å². The number of pyridine rings is 1. The first kappa shape index (κ1) is 14.1. The highest BCUT2D eigenvalue weighted by atomic mass is 16.5. The number of benzene rings is 1. The summed E-state index contributed by atoms with van der Waals surface area (Å²) in [7, 11) is 0. The van der Waals surface area contributed by atoms with Crippen molar-refractivity contribution in [1.29, 1.82) is 0 Å². The number of rotatable bonds is 4. The summed E-state index contributed by atoms with van der Waals surface area (Å²) < 4.78 is 5.26. The number of fused-ring (bicyclic) bond motifs is 1. The van der Waals surface area contributed by atoms with Crippen molar-refractivity contribution in [3.05, 3.63) is 53.9 Å². The monoisotopic (exact) mass is 297 g/mol. The third-order valence-corrected chi connectivity index (χ3v) is 3.27. The Hall–Kier alpha value is -2.89. The molecule has 2 heterocycles. The zero-order valence-corrected chi connectivity index (χ0v) is 11.8. The summed E-state index contributed by atoms with van der Waals surface area (Å²) in [6.07, 6.45) is 2.39. The predicted octanol–water partition coefficient (Wildman–Crippen LogP) is 1.38. The summed E-state index contributed by atoms with van der Waals surface area (Å²) in [6, 6.07) is 10.6. The highest BCUT2D eigenvalue weighted by Crippen LogP contribution is 2.28. The standard InChI is InChI=1S/C16H15N3O3/c20-15-10-22-14-5-4-11(9-13(14)19-15)16(21)18-8-6-12-3-1-2-7-17-12/h1-5,7,9H,6,8,10H2,(H,18,21)(H,19,20). The molecule has 0 spiro atoms. The van der Waals surface area contributed by atoms with Gasteiger partial charge in [0.2, 0.25) is 0 Å². The minimum Gasteiger partial charge on any atom is -0.482 e. The van der Waals surface area contributed by atoms with E-state index in [2.05, 4.69) is 15.6 Å². The molecule has 0 unspecified atom stereocenters. The molecule has 22 heavy (non-hydrogen) atoms. The van der Waals surface area contributed by atoms with Crippen LogP contribution in [-0.2, 0) is 11.2 Å². The van der Waals surface area contributed by atoms with Crippen molar-refractivity contribution >= 4 is 17.5 Å². The number of ether oxygens (including phenoxy) is 1. The molecular weight excluding hydrogens is 282 g/mol. The molecule has 1 aliphatic rings. The van der Waals surface area contributed by atoms with E-state index in [0.717, 1.165) is 5.69 Å². The van der Waals surface area contributed by atoms with Crippen LogP contribution >= 0.6 is 0 Å².